The van der Waals surface area contributed by atoms with Crippen molar-refractivity contribution in [3.8, 4) is 0 Å². The monoisotopic (exact) mass is 210 g/mol. The number of hydrogen-bond donors (Lipinski definition) is 2. The van der Waals surface area contributed by atoms with Crippen molar-refractivity contribution in [1.82, 2.24) is 10.6 Å². The van der Waals surface area contributed by atoms with Gasteiger partial charge in [-0.25, -0.2) is 0 Å². The van der Waals surface area contributed by atoms with Gasteiger partial charge in [-0.3, -0.25) is 4.79 Å². The van der Waals surface area contributed by atoms with E-state index < -0.39 is 0 Å². The molecule has 3 nitrogen and oxygen atoms in total. The maximum absolute atomic E-state index is 11.9. The Bertz CT molecular complexity index is 224. The first-order valence-corrected chi connectivity index (χ1v) is 6.27. The topological polar surface area (TPSA) is 41.1 Å². The number of amides is 1. The largest absolute Gasteiger partial charge is 0.353 e. The van der Waals surface area contributed by atoms with E-state index in [0.717, 1.165) is 19.5 Å². The standard InChI is InChI=1S/C12H22N2O/c1-9-6-10(8-13-7-9)12(15)14-11-4-2-3-5-11/h9-11,13H,2-8H2,1H3,(H,14,15). The molecule has 15 heavy (non-hydrogen) atoms. The third kappa shape index (κ3) is 2.94. The van der Waals surface area contributed by atoms with Crippen LogP contribution >= 0.6 is 0 Å². The summed E-state index contributed by atoms with van der Waals surface area (Å²) in [5.74, 6) is 1.12. The normalized spacial score (nSPS) is 32.9. The molecule has 1 aliphatic carbocycles. The fourth-order valence-corrected chi connectivity index (χ4v) is 2.75. The predicted octanol–water partition coefficient (Wildman–Crippen LogP) is 1.29. The molecule has 0 aromatic rings. The Labute approximate surface area is 92.0 Å². The van der Waals surface area contributed by atoms with Crippen molar-refractivity contribution in [3.05, 3.63) is 0 Å². The van der Waals surface area contributed by atoms with Crippen molar-refractivity contribution in [2.45, 2.75) is 45.1 Å². The molecule has 86 valence electrons. The van der Waals surface area contributed by atoms with Crippen LogP contribution in [0.3, 0.4) is 0 Å². The van der Waals surface area contributed by atoms with Crippen molar-refractivity contribution < 1.29 is 4.79 Å². The van der Waals surface area contributed by atoms with Crippen LogP contribution < -0.4 is 10.6 Å². The van der Waals surface area contributed by atoms with Crippen LogP contribution in [0.1, 0.15) is 39.0 Å². The molecule has 1 aliphatic heterocycles. The highest BCUT2D eigenvalue weighted by Crippen LogP contribution is 2.20. The van der Waals surface area contributed by atoms with Gasteiger partial charge in [0.25, 0.3) is 0 Å². The van der Waals surface area contributed by atoms with E-state index in [-0.39, 0.29) is 11.8 Å². The Hall–Kier alpha value is -0.570. The van der Waals surface area contributed by atoms with Gasteiger partial charge >= 0.3 is 0 Å². The summed E-state index contributed by atoms with van der Waals surface area (Å²) in [6.45, 7) is 4.14. The first-order valence-electron chi connectivity index (χ1n) is 6.27. The number of carbonyl (C=O) groups is 1. The van der Waals surface area contributed by atoms with Crippen molar-refractivity contribution >= 4 is 5.91 Å². The van der Waals surface area contributed by atoms with Crippen molar-refractivity contribution in [2.75, 3.05) is 13.1 Å². The first kappa shape index (κ1) is 10.9. The molecule has 0 radical (unpaired) electrons. The molecule has 2 rings (SSSR count). The molecule has 1 heterocycles. The average molecular weight is 210 g/mol. The summed E-state index contributed by atoms with van der Waals surface area (Å²) in [5.41, 5.74) is 0. The van der Waals surface area contributed by atoms with Gasteiger partial charge in [0.15, 0.2) is 0 Å². The molecule has 2 aliphatic rings. The van der Waals surface area contributed by atoms with E-state index in [2.05, 4.69) is 17.6 Å². The molecule has 2 unspecified atom stereocenters. The molecule has 0 bridgehead atoms. The van der Waals surface area contributed by atoms with Crippen LogP contribution in [0.2, 0.25) is 0 Å². The van der Waals surface area contributed by atoms with Gasteiger partial charge in [-0.15, -0.1) is 0 Å². The summed E-state index contributed by atoms with van der Waals surface area (Å²) in [6.07, 6.45) is 5.98. The lowest BCUT2D eigenvalue weighted by Gasteiger charge is -2.27. The summed E-state index contributed by atoms with van der Waals surface area (Å²) in [5, 5.41) is 6.52. The van der Waals surface area contributed by atoms with Crippen LogP contribution in [0.4, 0.5) is 0 Å². The Morgan fingerprint density at radius 2 is 2.00 bits per heavy atom. The van der Waals surface area contributed by atoms with E-state index in [1.807, 2.05) is 0 Å². The lowest BCUT2D eigenvalue weighted by Crippen LogP contribution is -2.45. The molecule has 1 saturated heterocycles. The minimum absolute atomic E-state index is 0.203. The van der Waals surface area contributed by atoms with Gasteiger partial charge in [0.05, 0.1) is 5.92 Å². The smallest absolute Gasteiger partial charge is 0.224 e. The Kier molecular flexibility index (Phi) is 3.62. The maximum atomic E-state index is 11.9. The molecule has 3 heteroatoms. The SMILES string of the molecule is CC1CNCC(C(=O)NC2CCCC2)C1. The second-order valence-electron chi connectivity index (χ2n) is 5.19. The number of nitrogens with one attached hydrogen (secondary N) is 2. The van der Waals surface area contributed by atoms with Crippen molar-refractivity contribution in [1.29, 1.82) is 0 Å². The molecule has 0 aromatic carbocycles. The molecule has 2 N–H and O–H groups in total. The van der Waals surface area contributed by atoms with Gasteiger partial charge in [0, 0.05) is 12.6 Å². The zero-order valence-electron chi connectivity index (χ0n) is 9.59. The van der Waals surface area contributed by atoms with Gasteiger partial charge in [0.2, 0.25) is 5.91 Å². The number of rotatable bonds is 2. The summed E-state index contributed by atoms with van der Waals surface area (Å²) in [6, 6.07) is 0.467. The fourth-order valence-electron chi connectivity index (χ4n) is 2.75. The van der Waals surface area contributed by atoms with Crippen LogP contribution in [-0.2, 0) is 4.79 Å². The van der Waals surface area contributed by atoms with Gasteiger partial charge < -0.3 is 10.6 Å². The van der Waals surface area contributed by atoms with Gasteiger partial charge in [0.1, 0.15) is 0 Å². The summed E-state index contributed by atoms with van der Waals surface area (Å²) >= 11 is 0. The molecule has 1 amide bonds. The second-order valence-corrected chi connectivity index (χ2v) is 5.19. The third-order valence-corrected chi connectivity index (χ3v) is 3.64. The van der Waals surface area contributed by atoms with E-state index in [4.69, 9.17) is 0 Å². The van der Waals surface area contributed by atoms with Gasteiger partial charge in [-0.1, -0.05) is 19.8 Å². The quantitative estimate of drug-likeness (QED) is 0.721. The van der Waals surface area contributed by atoms with E-state index in [1.165, 1.54) is 25.7 Å². The Morgan fingerprint density at radius 1 is 1.27 bits per heavy atom. The van der Waals surface area contributed by atoms with Crippen molar-refractivity contribution in [3.63, 3.8) is 0 Å². The molecular weight excluding hydrogens is 188 g/mol. The van der Waals surface area contributed by atoms with Gasteiger partial charge in [-0.05, 0) is 31.7 Å². The lowest BCUT2D eigenvalue weighted by atomic mass is 9.91. The minimum atomic E-state index is 0.203. The number of hydrogen-bond acceptors (Lipinski definition) is 2. The molecule has 2 fully saturated rings. The number of piperidine rings is 1. The van der Waals surface area contributed by atoms with Crippen LogP contribution in [-0.4, -0.2) is 25.0 Å². The molecule has 2 atom stereocenters. The highest BCUT2D eigenvalue weighted by molar-refractivity contribution is 5.79. The highest BCUT2D eigenvalue weighted by atomic mass is 16.2. The summed E-state index contributed by atoms with van der Waals surface area (Å²) in [7, 11) is 0. The number of carbonyl (C=O) groups excluding carboxylic acids is 1. The molecule has 1 saturated carbocycles. The zero-order chi connectivity index (χ0) is 10.7. The van der Waals surface area contributed by atoms with Crippen LogP contribution in [0.25, 0.3) is 0 Å². The van der Waals surface area contributed by atoms with E-state index in [0.29, 0.717) is 12.0 Å². The van der Waals surface area contributed by atoms with E-state index >= 15 is 0 Å². The lowest BCUT2D eigenvalue weighted by molar-refractivity contribution is -0.126. The van der Waals surface area contributed by atoms with Crippen LogP contribution in [0.15, 0.2) is 0 Å². The predicted molar refractivity (Wildman–Crippen MR) is 60.5 cm³/mol. The average Bonchev–Trinajstić information content (AvgIpc) is 2.70. The fraction of sp³-hybridized carbons (Fsp3) is 0.917. The second kappa shape index (κ2) is 4.97. The van der Waals surface area contributed by atoms with E-state index in [1.54, 1.807) is 0 Å². The molecule has 0 aromatic heterocycles. The Morgan fingerprint density at radius 3 is 2.67 bits per heavy atom. The summed E-state index contributed by atoms with van der Waals surface area (Å²) in [4.78, 5) is 11.9. The van der Waals surface area contributed by atoms with E-state index in [9.17, 15) is 4.79 Å². The van der Waals surface area contributed by atoms with Crippen LogP contribution in [0.5, 0.6) is 0 Å². The van der Waals surface area contributed by atoms with Gasteiger partial charge in [-0.2, -0.15) is 0 Å². The molecule has 0 spiro atoms. The minimum Gasteiger partial charge on any atom is -0.353 e. The van der Waals surface area contributed by atoms with Crippen LogP contribution in [0, 0.1) is 11.8 Å². The van der Waals surface area contributed by atoms with Crippen molar-refractivity contribution in [2.24, 2.45) is 11.8 Å². The maximum Gasteiger partial charge on any atom is 0.224 e. The Balaban J connectivity index is 1.78. The highest BCUT2D eigenvalue weighted by Gasteiger charge is 2.27. The third-order valence-electron chi connectivity index (χ3n) is 3.64. The molecular formula is C12H22N2O. The summed E-state index contributed by atoms with van der Waals surface area (Å²) < 4.78 is 0. The zero-order valence-corrected chi connectivity index (χ0v) is 9.59. The first-order chi connectivity index (χ1) is 7.25.